The fourth-order valence-electron chi connectivity index (χ4n) is 3.64. The lowest BCUT2D eigenvalue weighted by Gasteiger charge is -2.26. The number of ether oxygens (including phenoxy) is 2. The number of non-ortho nitro benzene ring substituents is 1. The number of rotatable bonds is 8. The molecule has 1 fully saturated rings. The summed E-state index contributed by atoms with van der Waals surface area (Å²) < 4.78 is 11.8. The molecule has 0 aromatic heterocycles. The molecular weight excluding hydrogens is 663 g/mol. The molecule has 1 aliphatic heterocycles. The van der Waals surface area contributed by atoms with Crippen LogP contribution in [0.5, 0.6) is 17.2 Å². The maximum atomic E-state index is 13.2. The number of carbonyl (C=O) groups is 3. The van der Waals surface area contributed by atoms with Gasteiger partial charge in [-0.3, -0.25) is 35.1 Å². The standard InChI is InChI=1S/C25H16ClIN4O9/c1-2-39-21-11-13(9-17-23(32)28-25(34)29(24(17)33)15-5-3-14(26)4-6-15)10-18(27)22(21)40-20-8-7-16(30(35)36)12-19(20)31(37)38/h3-12H,2H2,1H3,(H,28,32,34)/b17-9+. The Kier molecular flexibility index (Phi) is 8.29. The second-order valence-corrected chi connectivity index (χ2v) is 9.56. The number of anilines is 1. The van der Waals surface area contributed by atoms with Gasteiger partial charge in [-0.1, -0.05) is 11.6 Å². The Balaban J connectivity index is 1.74. The van der Waals surface area contributed by atoms with Crippen molar-refractivity contribution in [3.63, 3.8) is 0 Å². The predicted molar refractivity (Wildman–Crippen MR) is 151 cm³/mol. The van der Waals surface area contributed by atoms with Crippen molar-refractivity contribution >= 4 is 75.2 Å². The molecule has 1 saturated heterocycles. The van der Waals surface area contributed by atoms with E-state index in [-0.39, 0.29) is 35.1 Å². The fraction of sp³-hybridized carbons (Fsp3) is 0.0800. The molecule has 0 unspecified atom stereocenters. The molecule has 15 heteroatoms. The SMILES string of the molecule is CCOc1cc(/C=C2\C(=O)NC(=O)N(c3ccc(Cl)cc3)C2=O)cc(I)c1Oc1ccc([N+](=O)[O-])cc1[N+](=O)[O-]. The number of nitro benzene ring substituents is 2. The van der Waals surface area contributed by atoms with Crippen LogP contribution in [0.1, 0.15) is 12.5 Å². The Morgan fingerprint density at radius 3 is 2.33 bits per heavy atom. The Bertz CT molecular complexity index is 1610. The van der Waals surface area contributed by atoms with Crippen LogP contribution >= 0.6 is 34.2 Å². The van der Waals surface area contributed by atoms with Crippen LogP contribution in [0.15, 0.2) is 60.2 Å². The Morgan fingerprint density at radius 1 is 1.00 bits per heavy atom. The van der Waals surface area contributed by atoms with Crippen molar-refractivity contribution in [2.45, 2.75) is 6.92 Å². The number of hydrogen-bond donors (Lipinski definition) is 1. The summed E-state index contributed by atoms with van der Waals surface area (Å²) in [4.78, 5) is 60.0. The molecular formula is C25H16ClIN4O9. The minimum atomic E-state index is -0.924. The first-order valence-electron chi connectivity index (χ1n) is 11.2. The number of nitrogens with zero attached hydrogens (tertiary/aromatic N) is 3. The van der Waals surface area contributed by atoms with E-state index >= 15 is 0 Å². The van der Waals surface area contributed by atoms with Crippen LogP contribution in [0.2, 0.25) is 5.02 Å². The summed E-state index contributed by atoms with van der Waals surface area (Å²) in [6.45, 7) is 1.84. The summed E-state index contributed by atoms with van der Waals surface area (Å²) in [6.07, 6.45) is 1.26. The number of imide groups is 2. The number of hydrogen-bond acceptors (Lipinski definition) is 9. The Labute approximate surface area is 243 Å². The monoisotopic (exact) mass is 678 g/mol. The third-order valence-corrected chi connectivity index (χ3v) is 6.44. The van der Waals surface area contributed by atoms with E-state index in [1.807, 2.05) is 22.6 Å². The molecule has 0 saturated carbocycles. The highest BCUT2D eigenvalue weighted by Crippen LogP contribution is 2.42. The van der Waals surface area contributed by atoms with Crippen molar-refractivity contribution in [1.82, 2.24) is 5.32 Å². The number of nitrogens with one attached hydrogen (secondary N) is 1. The lowest BCUT2D eigenvalue weighted by Crippen LogP contribution is -2.54. The van der Waals surface area contributed by atoms with Crippen molar-refractivity contribution in [3.05, 3.63) is 94.6 Å². The van der Waals surface area contributed by atoms with Crippen LogP contribution in [0.3, 0.4) is 0 Å². The average molecular weight is 679 g/mol. The van der Waals surface area contributed by atoms with E-state index in [9.17, 15) is 34.6 Å². The van der Waals surface area contributed by atoms with Gasteiger partial charge < -0.3 is 9.47 Å². The molecule has 1 heterocycles. The van der Waals surface area contributed by atoms with E-state index in [0.29, 0.717) is 14.2 Å². The number of carbonyl (C=O) groups excluding carboxylic acids is 3. The van der Waals surface area contributed by atoms with Gasteiger partial charge in [-0.15, -0.1) is 0 Å². The molecule has 4 rings (SSSR count). The van der Waals surface area contributed by atoms with E-state index in [2.05, 4.69) is 5.32 Å². The Hall–Kier alpha value is -4.57. The first-order valence-corrected chi connectivity index (χ1v) is 12.7. The van der Waals surface area contributed by atoms with Crippen molar-refractivity contribution in [2.75, 3.05) is 11.5 Å². The highest BCUT2D eigenvalue weighted by atomic mass is 127. The van der Waals surface area contributed by atoms with Gasteiger partial charge in [0.2, 0.25) is 5.75 Å². The van der Waals surface area contributed by atoms with Gasteiger partial charge in [0.25, 0.3) is 17.5 Å². The predicted octanol–water partition coefficient (Wildman–Crippen LogP) is 5.62. The average Bonchev–Trinajstić information content (AvgIpc) is 2.89. The summed E-state index contributed by atoms with van der Waals surface area (Å²) in [5, 5.41) is 25.1. The zero-order valence-corrected chi connectivity index (χ0v) is 23.2. The van der Waals surface area contributed by atoms with E-state index in [1.165, 1.54) is 42.5 Å². The third-order valence-electron chi connectivity index (χ3n) is 5.39. The minimum absolute atomic E-state index is 0.0685. The molecule has 3 aromatic carbocycles. The number of amides is 4. The number of urea groups is 1. The quantitative estimate of drug-likeness (QED) is 0.104. The van der Waals surface area contributed by atoms with Crippen LogP contribution in [0.25, 0.3) is 6.08 Å². The minimum Gasteiger partial charge on any atom is -0.490 e. The van der Waals surface area contributed by atoms with Crippen molar-refractivity contribution in [1.29, 1.82) is 0 Å². The van der Waals surface area contributed by atoms with Crippen LogP contribution in [0.4, 0.5) is 21.9 Å². The van der Waals surface area contributed by atoms with E-state index in [0.717, 1.165) is 23.1 Å². The fourth-order valence-corrected chi connectivity index (χ4v) is 4.50. The van der Waals surface area contributed by atoms with Gasteiger partial charge in [-0.05, 0) is 83.6 Å². The largest absolute Gasteiger partial charge is 0.490 e. The maximum absolute atomic E-state index is 13.2. The van der Waals surface area contributed by atoms with Crippen molar-refractivity contribution in [2.24, 2.45) is 0 Å². The first-order chi connectivity index (χ1) is 19.0. The molecule has 0 bridgehead atoms. The van der Waals surface area contributed by atoms with E-state index in [1.54, 1.807) is 6.92 Å². The summed E-state index contributed by atoms with van der Waals surface area (Å²) in [6, 6.07) is 10.9. The number of nitro groups is 2. The van der Waals surface area contributed by atoms with E-state index in [4.69, 9.17) is 21.1 Å². The number of halogens is 2. The normalized spacial score (nSPS) is 14.2. The summed E-state index contributed by atoms with van der Waals surface area (Å²) >= 11 is 7.77. The van der Waals surface area contributed by atoms with Crippen molar-refractivity contribution in [3.8, 4) is 17.2 Å². The third kappa shape index (κ3) is 5.86. The number of benzene rings is 3. The molecule has 1 N–H and O–H groups in total. The lowest BCUT2D eigenvalue weighted by atomic mass is 10.1. The van der Waals surface area contributed by atoms with Crippen LogP contribution < -0.4 is 19.7 Å². The highest BCUT2D eigenvalue weighted by Gasteiger charge is 2.37. The number of barbiturate groups is 1. The molecule has 0 atom stereocenters. The molecule has 0 radical (unpaired) electrons. The van der Waals surface area contributed by atoms with Crippen LogP contribution in [-0.2, 0) is 9.59 Å². The van der Waals surface area contributed by atoms with Gasteiger partial charge in [-0.25, -0.2) is 9.69 Å². The highest BCUT2D eigenvalue weighted by molar-refractivity contribution is 14.1. The smallest absolute Gasteiger partial charge is 0.335 e. The zero-order chi connectivity index (χ0) is 29.1. The first kappa shape index (κ1) is 28.4. The van der Waals surface area contributed by atoms with Gasteiger partial charge in [0.15, 0.2) is 11.5 Å². The zero-order valence-electron chi connectivity index (χ0n) is 20.3. The summed E-state index contributed by atoms with van der Waals surface area (Å²) in [5.74, 6) is -1.86. The molecule has 1 aliphatic rings. The Morgan fingerprint density at radius 2 is 1.70 bits per heavy atom. The molecule has 13 nitrogen and oxygen atoms in total. The molecule has 0 aliphatic carbocycles. The van der Waals surface area contributed by atoms with E-state index < -0.39 is 39.1 Å². The summed E-state index contributed by atoms with van der Waals surface area (Å²) in [5.41, 5.74) is -0.935. The van der Waals surface area contributed by atoms with Gasteiger partial charge in [0, 0.05) is 11.1 Å². The molecule has 3 aromatic rings. The molecule has 40 heavy (non-hydrogen) atoms. The molecule has 0 spiro atoms. The second kappa shape index (κ2) is 11.7. The molecule has 204 valence electrons. The van der Waals surface area contributed by atoms with Crippen molar-refractivity contribution < 1.29 is 33.7 Å². The van der Waals surface area contributed by atoms with Gasteiger partial charge in [0.05, 0.1) is 31.8 Å². The van der Waals surface area contributed by atoms with Gasteiger partial charge in [-0.2, -0.15) is 0 Å². The van der Waals surface area contributed by atoms with Gasteiger partial charge >= 0.3 is 11.7 Å². The molecule has 4 amide bonds. The maximum Gasteiger partial charge on any atom is 0.335 e. The summed E-state index contributed by atoms with van der Waals surface area (Å²) in [7, 11) is 0. The van der Waals surface area contributed by atoms with Crippen LogP contribution in [-0.4, -0.2) is 34.3 Å². The van der Waals surface area contributed by atoms with Crippen LogP contribution in [0, 0.1) is 23.8 Å². The lowest BCUT2D eigenvalue weighted by molar-refractivity contribution is -0.394. The second-order valence-electron chi connectivity index (χ2n) is 7.97. The topological polar surface area (TPSA) is 171 Å². The van der Waals surface area contributed by atoms with Gasteiger partial charge in [0.1, 0.15) is 5.57 Å².